The van der Waals surface area contributed by atoms with Crippen LogP contribution in [0.2, 0.25) is 0 Å². The first-order valence-electron chi connectivity index (χ1n) is 6.50. The van der Waals surface area contributed by atoms with E-state index in [-0.39, 0.29) is 0 Å². The van der Waals surface area contributed by atoms with Gasteiger partial charge in [-0.2, -0.15) is 0 Å². The zero-order valence-electron chi connectivity index (χ0n) is 10.2. The number of ether oxygens (including phenoxy) is 1. The lowest BCUT2D eigenvalue weighted by atomic mass is 10.2. The molecule has 0 amide bonds. The molecule has 4 heteroatoms. The van der Waals surface area contributed by atoms with E-state index in [0.717, 1.165) is 38.2 Å². The predicted molar refractivity (Wildman–Crippen MR) is 72.4 cm³/mol. The van der Waals surface area contributed by atoms with Gasteiger partial charge in [-0.1, -0.05) is 28.8 Å². The van der Waals surface area contributed by atoms with Crippen LogP contribution in [0.1, 0.15) is 25.7 Å². The van der Waals surface area contributed by atoms with Gasteiger partial charge in [0.2, 0.25) is 0 Å². The molecule has 1 aliphatic heterocycles. The fourth-order valence-electron chi connectivity index (χ4n) is 1.88. The van der Waals surface area contributed by atoms with Crippen LogP contribution >= 0.6 is 15.9 Å². The Labute approximate surface area is 108 Å². The first kappa shape index (κ1) is 14.4. The summed E-state index contributed by atoms with van der Waals surface area (Å²) in [7, 11) is 0. The summed E-state index contributed by atoms with van der Waals surface area (Å²) in [6, 6.07) is 0. The van der Waals surface area contributed by atoms with Crippen LogP contribution in [0, 0.1) is 0 Å². The molecular weight excluding hydrogens is 268 g/mol. The van der Waals surface area contributed by atoms with Crippen LogP contribution in [0.4, 0.5) is 0 Å². The van der Waals surface area contributed by atoms with Crippen molar-refractivity contribution >= 4 is 15.9 Å². The molecular formula is C12H25BrN2O. The Balaban J connectivity index is 1.77. The van der Waals surface area contributed by atoms with E-state index in [2.05, 4.69) is 26.1 Å². The van der Waals surface area contributed by atoms with Crippen LogP contribution in [0.15, 0.2) is 0 Å². The Kier molecular flexibility index (Phi) is 9.47. The minimum atomic E-state index is 0.909. The molecule has 1 heterocycles. The Morgan fingerprint density at radius 1 is 1.00 bits per heavy atom. The van der Waals surface area contributed by atoms with Crippen molar-refractivity contribution in [3.05, 3.63) is 0 Å². The number of alkyl halides is 1. The fraction of sp³-hybridized carbons (Fsp3) is 1.00. The summed E-state index contributed by atoms with van der Waals surface area (Å²) in [5.74, 6) is 0. The van der Waals surface area contributed by atoms with Crippen LogP contribution in [0.25, 0.3) is 0 Å². The van der Waals surface area contributed by atoms with Crippen LogP contribution in [0.5, 0.6) is 0 Å². The largest absolute Gasteiger partial charge is 0.379 e. The highest BCUT2D eigenvalue weighted by Crippen LogP contribution is 2.00. The van der Waals surface area contributed by atoms with Crippen molar-refractivity contribution in [2.24, 2.45) is 0 Å². The molecule has 1 fully saturated rings. The van der Waals surface area contributed by atoms with Gasteiger partial charge in [-0.15, -0.1) is 0 Å². The summed E-state index contributed by atoms with van der Waals surface area (Å²) in [5, 5.41) is 4.67. The fourth-order valence-corrected chi connectivity index (χ4v) is 2.28. The number of halogens is 1. The minimum Gasteiger partial charge on any atom is -0.379 e. The standard InChI is InChI=1S/C12H25BrN2O/c13-5-3-1-2-4-6-14-7-8-15-9-11-16-12-10-15/h14H,1-12H2. The molecule has 0 radical (unpaired) electrons. The molecule has 0 unspecified atom stereocenters. The second-order valence-corrected chi connectivity index (χ2v) is 5.10. The number of hydrogen-bond donors (Lipinski definition) is 1. The molecule has 0 spiro atoms. The van der Waals surface area contributed by atoms with Crippen molar-refractivity contribution in [2.45, 2.75) is 25.7 Å². The van der Waals surface area contributed by atoms with Gasteiger partial charge in [-0.05, 0) is 19.4 Å². The summed E-state index contributed by atoms with van der Waals surface area (Å²) in [6.07, 6.45) is 5.34. The lowest BCUT2D eigenvalue weighted by Crippen LogP contribution is -2.40. The van der Waals surface area contributed by atoms with Crippen molar-refractivity contribution in [3.8, 4) is 0 Å². The zero-order chi connectivity index (χ0) is 11.5. The van der Waals surface area contributed by atoms with E-state index in [1.807, 2.05) is 0 Å². The van der Waals surface area contributed by atoms with Gasteiger partial charge < -0.3 is 10.1 Å². The number of unbranched alkanes of at least 4 members (excludes halogenated alkanes) is 3. The normalized spacial score (nSPS) is 17.8. The average Bonchev–Trinajstić information content (AvgIpc) is 2.34. The van der Waals surface area contributed by atoms with Crippen LogP contribution in [-0.2, 0) is 4.74 Å². The van der Waals surface area contributed by atoms with Gasteiger partial charge >= 0.3 is 0 Å². The quantitative estimate of drug-likeness (QED) is 0.519. The van der Waals surface area contributed by atoms with E-state index >= 15 is 0 Å². The monoisotopic (exact) mass is 292 g/mol. The summed E-state index contributed by atoms with van der Waals surface area (Å²) >= 11 is 3.46. The van der Waals surface area contributed by atoms with Crippen molar-refractivity contribution in [3.63, 3.8) is 0 Å². The third-order valence-electron chi connectivity index (χ3n) is 2.95. The van der Waals surface area contributed by atoms with Crippen molar-refractivity contribution in [1.82, 2.24) is 10.2 Å². The second-order valence-electron chi connectivity index (χ2n) is 4.31. The van der Waals surface area contributed by atoms with Gasteiger partial charge in [-0.3, -0.25) is 4.90 Å². The SMILES string of the molecule is BrCCCCCCNCCN1CCOCC1. The Bertz CT molecular complexity index is 152. The maximum Gasteiger partial charge on any atom is 0.0594 e. The van der Waals surface area contributed by atoms with Gasteiger partial charge in [0.25, 0.3) is 0 Å². The molecule has 1 aliphatic rings. The minimum absolute atomic E-state index is 0.909. The van der Waals surface area contributed by atoms with Gasteiger partial charge in [0.05, 0.1) is 13.2 Å². The number of morpholine rings is 1. The maximum absolute atomic E-state index is 5.32. The number of rotatable bonds is 9. The summed E-state index contributed by atoms with van der Waals surface area (Å²) in [5.41, 5.74) is 0. The van der Waals surface area contributed by atoms with E-state index in [0.29, 0.717) is 0 Å². The molecule has 0 aromatic carbocycles. The number of nitrogens with zero attached hydrogens (tertiary/aromatic N) is 1. The predicted octanol–water partition coefficient (Wildman–Crippen LogP) is 1.86. The molecule has 0 saturated carbocycles. The summed E-state index contributed by atoms with van der Waals surface area (Å²) in [6.45, 7) is 7.49. The molecule has 0 bridgehead atoms. The highest BCUT2D eigenvalue weighted by atomic mass is 79.9. The average molecular weight is 293 g/mol. The summed E-state index contributed by atoms with van der Waals surface area (Å²) in [4.78, 5) is 2.47. The maximum atomic E-state index is 5.32. The van der Waals surface area contributed by atoms with Crippen molar-refractivity contribution < 1.29 is 4.74 Å². The van der Waals surface area contributed by atoms with Gasteiger partial charge in [0.15, 0.2) is 0 Å². The second kappa shape index (κ2) is 10.5. The van der Waals surface area contributed by atoms with Gasteiger partial charge in [0, 0.05) is 31.5 Å². The molecule has 1 N–H and O–H groups in total. The first-order chi connectivity index (χ1) is 7.93. The van der Waals surface area contributed by atoms with E-state index in [1.54, 1.807) is 0 Å². The molecule has 0 aromatic rings. The molecule has 0 aromatic heterocycles. The molecule has 0 aliphatic carbocycles. The molecule has 3 nitrogen and oxygen atoms in total. The van der Waals surface area contributed by atoms with Crippen LogP contribution in [0.3, 0.4) is 0 Å². The Hall–Kier alpha value is 0.360. The highest BCUT2D eigenvalue weighted by molar-refractivity contribution is 9.09. The zero-order valence-corrected chi connectivity index (χ0v) is 11.8. The van der Waals surface area contributed by atoms with E-state index < -0.39 is 0 Å². The Morgan fingerprint density at radius 2 is 1.75 bits per heavy atom. The molecule has 96 valence electrons. The van der Waals surface area contributed by atoms with Crippen LogP contribution < -0.4 is 5.32 Å². The Morgan fingerprint density at radius 3 is 2.50 bits per heavy atom. The van der Waals surface area contributed by atoms with E-state index in [4.69, 9.17) is 4.74 Å². The summed E-state index contributed by atoms with van der Waals surface area (Å²) < 4.78 is 5.32. The highest BCUT2D eigenvalue weighted by Gasteiger charge is 2.08. The molecule has 0 atom stereocenters. The number of hydrogen-bond acceptors (Lipinski definition) is 3. The molecule has 1 saturated heterocycles. The number of nitrogens with one attached hydrogen (secondary N) is 1. The van der Waals surface area contributed by atoms with Crippen LogP contribution in [-0.4, -0.2) is 56.2 Å². The third kappa shape index (κ3) is 7.60. The van der Waals surface area contributed by atoms with Gasteiger partial charge in [-0.25, -0.2) is 0 Å². The topological polar surface area (TPSA) is 24.5 Å². The van der Waals surface area contributed by atoms with E-state index in [9.17, 15) is 0 Å². The van der Waals surface area contributed by atoms with Crippen molar-refractivity contribution in [1.29, 1.82) is 0 Å². The van der Waals surface area contributed by atoms with Crippen molar-refractivity contribution in [2.75, 3.05) is 51.3 Å². The van der Waals surface area contributed by atoms with Gasteiger partial charge in [0.1, 0.15) is 0 Å². The smallest absolute Gasteiger partial charge is 0.0594 e. The first-order valence-corrected chi connectivity index (χ1v) is 7.62. The molecule has 16 heavy (non-hydrogen) atoms. The van der Waals surface area contributed by atoms with E-state index in [1.165, 1.54) is 38.8 Å². The third-order valence-corrected chi connectivity index (χ3v) is 3.51. The molecule has 1 rings (SSSR count). The lowest BCUT2D eigenvalue weighted by molar-refractivity contribution is 0.0384. The lowest BCUT2D eigenvalue weighted by Gasteiger charge is -2.26.